The van der Waals surface area contributed by atoms with Crippen LogP contribution in [0.4, 0.5) is 14.9 Å². The first-order chi connectivity index (χ1) is 10.6. The minimum atomic E-state index is -0.792. The summed E-state index contributed by atoms with van der Waals surface area (Å²) >= 11 is 0. The molecule has 0 aliphatic carbocycles. The van der Waals surface area contributed by atoms with Crippen LogP contribution in [0.15, 0.2) is 48.5 Å². The fraction of sp³-hybridized carbons (Fsp3) is 0.235. The molecule has 112 valence electrons. The van der Waals surface area contributed by atoms with Gasteiger partial charge in [0.15, 0.2) is 5.72 Å². The number of nitrogens with one attached hydrogen (secondary N) is 1. The molecule has 0 aromatic heterocycles. The van der Waals surface area contributed by atoms with Gasteiger partial charge in [-0.05, 0) is 37.3 Å². The fourth-order valence-corrected chi connectivity index (χ4v) is 3.30. The highest BCUT2D eigenvalue weighted by Crippen LogP contribution is 2.45. The van der Waals surface area contributed by atoms with Crippen molar-refractivity contribution < 1.29 is 13.9 Å². The van der Waals surface area contributed by atoms with Crippen LogP contribution < -0.4 is 15.0 Å². The van der Waals surface area contributed by atoms with Crippen LogP contribution in [0.1, 0.15) is 24.9 Å². The van der Waals surface area contributed by atoms with Gasteiger partial charge < -0.3 is 10.1 Å². The van der Waals surface area contributed by atoms with Crippen molar-refractivity contribution >= 4 is 11.7 Å². The standard InChI is InChI=1S/C17H15FN2O2/c1-17-10-14(13-4-2-3-5-15(13)22-17)19-16(21)20(17)12-8-6-11(18)7-9-12/h2-9,14H,10H2,1H3,(H,19,21)/t14-,17-/m1/s1. The second-order valence-corrected chi connectivity index (χ2v) is 5.83. The smallest absolute Gasteiger partial charge is 0.325 e. The van der Waals surface area contributed by atoms with E-state index in [2.05, 4.69) is 5.32 Å². The number of amides is 2. The lowest BCUT2D eigenvalue weighted by Gasteiger charge is -2.50. The molecule has 4 rings (SSSR count). The van der Waals surface area contributed by atoms with E-state index in [0.29, 0.717) is 12.1 Å². The first-order valence-corrected chi connectivity index (χ1v) is 7.21. The summed E-state index contributed by atoms with van der Waals surface area (Å²) in [5.74, 6) is 0.437. The van der Waals surface area contributed by atoms with E-state index in [0.717, 1.165) is 11.3 Å². The Bertz CT molecular complexity index is 747. The molecule has 1 N–H and O–H groups in total. The largest absolute Gasteiger partial charge is 0.467 e. The van der Waals surface area contributed by atoms with Gasteiger partial charge in [0.25, 0.3) is 0 Å². The molecule has 2 aromatic rings. The van der Waals surface area contributed by atoms with Crippen LogP contribution in [0.2, 0.25) is 0 Å². The van der Waals surface area contributed by atoms with Gasteiger partial charge >= 0.3 is 6.03 Å². The summed E-state index contributed by atoms with van der Waals surface area (Å²) in [4.78, 5) is 14.1. The summed E-state index contributed by atoms with van der Waals surface area (Å²) in [6.45, 7) is 1.89. The van der Waals surface area contributed by atoms with Gasteiger partial charge in [-0.15, -0.1) is 0 Å². The Morgan fingerprint density at radius 1 is 1.23 bits per heavy atom. The highest BCUT2D eigenvalue weighted by Gasteiger charge is 2.49. The third kappa shape index (κ3) is 1.85. The van der Waals surface area contributed by atoms with Crippen LogP contribution in [0.3, 0.4) is 0 Å². The van der Waals surface area contributed by atoms with Crippen molar-refractivity contribution in [3.63, 3.8) is 0 Å². The van der Waals surface area contributed by atoms with Crippen LogP contribution in [-0.4, -0.2) is 11.8 Å². The molecule has 0 unspecified atom stereocenters. The third-order valence-corrected chi connectivity index (χ3v) is 4.27. The summed E-state index contributed by atoms with van der Waals surface area (Å²) in [5, 5.41) is 3.01. The number of hydrogen-bond donors (Lipinski definition) is 1. The lowest BCUT2D eigenvalue weighted by atomic mass is 9.90. The Kier molecular flexibility index (Phi) is 2.66. The number of nitrogens with zero attached hydrogens (tertiary/aromatic N) is 1. The molecule has 1 saturated heterocycles. The molecule has 2 bridgehead atoms. The number of carbonyl (C=O) groups excluding carboxylic acids is 1. The van der Waals surface area contributed by atoms with E-state index in [4.69, 9.17) is 4.74 Å². The molecule has 0 radical (unpaired) electrons. The number of benzene rings is 2. The maximum atomic E-state index is 13.1. The molecule has 2 aromatic carbocycles. The van der Waals surface area contributed by atoms with E-state index in [-0.39, 0.29) is 17.9 Å². The highest BCUT2D eigenvalue weighted by molar-refractivity contribution is 5.94. The molecule has 2 heterocycles. The first kappa shape index (κ1) is 13.1. The lowest BCUT2D eigenvalue weighted by molar-refractivity contribution is 0.0378. The number of anilines is 1. The molecule has 1 fully saturated rings. The van der Waals surface area contributed by atoms with Crippen molar-refractivity contribution in [3.05, 3.63) is 59.9 Å². The molecule has 2 aliphatic rings. The number of hydrogen-bond acceptors (Lipinski definition) is 2. The van der Waals surface area contributed by atoms with Gasteiger partial charge in [-0.1, -0.05) is 18.2 Å². The Morgan fingerprint density at radius 2 is 1.95 bits per heavy atom. The van der Waals surface area contributed by atoms with Gasteiger partial charge in [0.2, 0.25) is 0 Å². The average molecular weight is 298 g/mol. The summed E-state index contributed by atoms with van der Waals surface area (Å²) in [6, 6.07) is 13.3. The van der Waals surface area contributed by atoms with E-state index < -0.39 is 5.72 Å². The monoisotopic (exact) mass is 298 g/mol. The van der Waals surface area contributed by atoms with Gasteiger partial charge in [-0.3, -0.25) is 4.90 Å². The Morgan fingerprint density at radius 3 is 2.73 bits per heavy atom. The number of carbonyl (C=O) groups is 1. The molecular formula is C17H15FN2O2. The Labute approximate surface area is 127 Å². The van der Waals surface area contributed by atoms with Gasteiger partial charge in [-0.2, -0.15) is 0 Å². The number of para-hydroxylation sites is 1. The fourth-order valence-electron chi connectivity index (χ4n) is 3.30. The summed E-state index contributed by atoms with van der Waals surface area (Å²) in [5.41, 5.74) is 0.811. The minimum Gasteiger partial charge on any atom is -0.467 e. The molecule has 22 heavy (non-hydrogen) atoms. The van der Waals surface area contributed by atoms with Crippen molar-refractivity contribution in [2.24, 2.45) is 0 Å². The second kappa shape index (κ2) is 4.47. The van der Waals surface area contributed by atoms with E-state index in [1.165, 1.54) is 12.1 Å². The topological polar surface area (TPSA) is 41.6 Å². The SMILES string of the molecule is C[C@@]12C[C@@H](NC(=O)N1c1ccc(F)cc1)c1ccccc1O2. The van der Waals surface area contributed by atoms with Crippen LogP contribution >= 0.6 is 0 Å². The van der Waals surface area contributed by atoms with E-state index in [1.807, 2.05) is 31.2 Å². The van der Waals surface area contributed by atoms with Crippen molar-refractivity contribution in [2.45, 2.75) is 25.1 Å². The normalized spacial score (nSPS) is 26.0. The first-order valence-electron chi connectivity index (χ1n) is 7.21. The molecule has 4 nitrogen and oxygen atoms in total. The number of fused-ring (bicyclic) bond motifs is 4. The quantitative estimate of drug-likeness (QED) is 0.874. The van der Waals surface area contributed by atoms with Crippen molar-refractivity contribution in [3.8, 4) is 5.75 Å². The van der Waals surface area contributed by atoms with Gasteiger partial charge in [-0.25, -0.2) is 9.18 Å². The number of urea groups is 1. The van der Waals surface area contributed by atoms with E-state index in [9.17, 15) is 9.18 Å². The van der Waals surface area contributed by atoms with Crippen LogP contribution in [0, 0.1) is 5.82 Å². The van der Waals surface area contributed by atoms with Gasteiger partial charge in [0.05, 0.1) is 6.04 Å². The summed E-state index contributed by atoms with van der Waals surface area (Å²) in [7, 11) is 0. The maximum absolute atomic E-state index is 13.1. The lowest BCUT2D eigenvalue weighted by Crippen LogP contribution is -2.65. The Hall–Kier alpha value is -2.56. The molecular weight excluding hydrogens is 283 g/mol. The van der Waals surface area contributed by atoms with Gasteiger partial charge in [0, 0.05) is 17.7 Å². The molecule has 0 spiro atoms. The number of rotatable bonds is 1. The maximum Gasteiger partial charge on any atom is 0.325 e. The van der Waals surface area contributed by atoms with Gasteiger partial charge in [0.1, 0.15) is 11.6 Å². The molecule has 0 saturated carbocycles. The van der Waals surface area contributed by atoms with Crippen molar-refractivity contribution in [1.29, 1.82) is 0 Å². The predicted molar refractivity (Wildman–Crippen MR) is 80.2 cm³/mol. The van der Waals surface area contributed by atoms with Crippen LogP contribution in [0.25, 0.3) is 0 Å². The molecule has 2 amide bonds. The zero-order valence-corrected chi connectivity index (χ0v) is 12.0. The third-order valence-electron chi connectivity index (χ3n) is 4.27. The van der Waals surface area contributed by atoms with Crippen LogP contribution in [-0.2, 0) is 0 Å². The molecule has 2 atom stereocenters. The van der Waals surface area contributed by atoms with E-state index in [1.54, 1.807) is 17.0 Å². The number of halogens is 1. The average Bonchev–Trinajstić information content (AvgIpc) is 2.48. The summed E-state index contributed by atoms with van der Waals surface area (Å²) in [6.07, 6.45) is 0.632. The van der Waals surface area contributed by atoms with Crippen molar-refractivity contribution in [2.75, 3.05) is 4.90 Å². The minimum absolute atomic E-state index is 0.0702. The van der Waals surface area contributed by atoms with Crippen molar-refractivity contribution in [1.82, 2.24) is 5.32 Å². The highest BCUT2D eigenvalue weighted by atomic mass is 19.1. The second-order valence-electron chi connectivity index (χ2n) is 5.83. The number of ether oxygens (including phenoxy) is 1. The molecule has 2 aliphatic heterocycles. The molecule has 5 heteroatoms. The zero-order chi connectivity index (χ0) is 15.3. The van der Waals surface area contributed by atoms with E-state index >= 15 is 0 Å². The Balaban J connectivity index is 1.80. The predicted octanol–water partition coefficient (Wildman–Crippen LogP) is 3.60. The zero-order valence-electron chi connectivity index (χ0n) is 12.0. The summed E-state index contributed by atoms with van der Waals surface area (Å²) < 4.78 is 19.3. The van der Waals surface area contributed by atoms with Crippen LogP contribution in [0.5, 0.6) is 5.75 Å².